The summed E-state index contributed by atoms with van der Waals surface area (Å²) in [6.07, 6.45) is -0.272. The summed E-state index contributed by atoms with van der Waals surface area (Å²) in [7, 11) is 0. The van der Waals surface area contributed by atoms with Crippen LogP contribution in [0.4, 0.5) is 8.78 Å². The number of hydrogen-bond acceptors (Lipinski definition) is 3. The van der Waals surface area contributed by atoms with Gasteiger partial charge in [-0.05, 0) is 25.1 Å². The first-order valence-electron chi connectivity index (χ1n) is 4.64. The molecule has 1 fully saturated rings. The SMILES string of the molecule is CC1(c2cc(F)ccc2F)CC(=O)OC1=O. The summed E-state index contributed by atoms with van der Waals surface area (Å²) in [5.41, 5.74) is -1.58. The van der Waals surface area contributed by atoms with Crippen LogP contribution in [0.25, 0.3) is 0 Å². The summed E-state index contributed by atoms with van der Waals surface area (Å²) in [5.74, 6) is -2.96. The van der Waals surface area contributed by atoms with Gasteiger partial charge >= 0.3 is 11.9 Å². The van der Waals surface area contributed by atoms with Crippen LogP contribution in [0.2, 0.25) is 0 Å². The normalized spacial score (nSPS) is 24.7. The lowest BCUT2D eigenvalue weighted by molar-refractivity contribution is -0.153. The van der Waals surface area contributed by atoms with E-state index < -0.39 is 29.0 Å². The van der Waals surface area contributed by atoms with Crippen LogP contribution in [0.15, 0.2) is 18.2 Å². The van der Waals surface area contributed by atoms with E-state index >= 15 is 0 Å². The summed E-state index contributed by atoms with van der Waals surface area (Å²) in [6.45, 7) is 1.36. The van der Waals surface area contributed by atoms with Crippen LogP contribution < -0.4 is 0 Å². The number of carbonyl (C=O) groups is 2. The fraction of sp³-hybridized carbons (Fsp3) is 0.273. The third-order valence-electron chi connectivity index (χ3n) is 2.68. The Morgan fingerprint density at radius 2 is 2.00 bits per heavy atom. The summed E-state index contributed by atoms with van der Waals surface area (Å²) in [5, 5.41) is 0. The zero-order valence-electron chi connectivity index (χ0n) is 8.42. The molecule has 0 bridgehead atoms. The van der Waals surface area contributed by atoms with Gasteiger partial charge in [0, 0.05) is 5.56 Å². The first-order valence-corrected chi connectivity index (χ1v) is 4.64. The molecule has 0 amide bonds. The van der Waals surface area contributed by atoms with Gasteiger partial charge in [0.2, 0.25) is 0 Å². The Kier molecular flexibility index (Phi) is 2.26. The molecule has 2 rings (SSSR count). The van der Waals surface area contributed by atoms with E-state index in [1.807, 2.05) is 0 Å². The molecule has 0 spiro atoms. The second kappa shape index (κ2) is 3.37. The smallest absolute Gasteiger partial charge is 0.324 e. The fourth-order valence-corrected chi connectivity index (χ4v) is 1.74. The second-order valence-electron chi connectivity index (χ2n) is 3.89. The van der Waals surface area contributed by atoms with Gasteiger partial charge in [-0.2, -0.15) is 0 Å². The van der Waals surface area contributed by atoms with Gasteiger partial charge in [0.15, 0.2) is 0 Å². The van der Waals surface area contributed by atoms with E-state index in [1.165, 1.54) is 6.92 Å². The van der Waals surface area contributed by atoms with E-state index in [1.54, 1.807) is 0 Å². The van der Waals surface area contributed by atoms with Gasteiger partial charge in [-0.15, -0.1) is 0 Å². The Hall–Kier alpha value is -1.78. The molecule has 0 aromatic heterocycles. The molecule has 0 aliphatic carbocycles. The lowest BCUT2D eigenvalue weighted by atomic mass is 9.81. The minimum Gasteiger partial charge on any atom is -0.392 e. The van der Waals surface area contributed by atoms with Crippen molar-refractivity contribution in [1.82, 2.24) is 0 Å². The highest BCUT2D eigenvalue weighted by molar-refractivity contribution is 6.00. The molecule has 0 N–H and O–H groups in total. The summed E-state index contributed by atoms with van der Waals surface area (Å²) >= 11 is 0. The van der Waals surface area contributed by atoms with Gasteiger partial charge in [0.25, 0.3) is 0 Å². The molecule has 1 heterocycles. The van der Waals surface area contributed by atoms with Crippen molar-refractivity contribution in [1.29, 1.82) is 0 Å². The molecule has 16 heavy (non-hydrogen) atoms. The minimum absolute atomic E-state index is 0.150. The second-order valence-corrected chi connectivity index (χ2v) is 3.89. The molecule has 5 heteroatoms. The van der Waals surface area contributed by atoms with Gasteiger partial charge in [0.1, 0.15) is 17.0 Å². The maximum atomic E-state index is 13.5. The Bertz CT molecular complexity index is 484. The van der Waals surface area contributed by atoms with Crippen molar-refractivity contribution < 1.29 is 23.1 Å². The Morgan fingerprint density at radius 1 is 1.31 bits per heavy atom. The molecular formula is C11H8F2O3. The highest BCUT2D eigenvalue weighted by Gasteiger charge is 2.48. The van der Waals surface area contributed by atoms with E-state index in [2.05, 4.69) is 4.74 Å². The standard InChI is InChI=1S/C11H8F2O3/c1-11(5-9(14)16-10(11)15)7-4-6(12)2-3-8(7)13/h2-4H,5H2,1H3. The van der Waals surface area contributed by atoms with Crippen LogP contribution in [-0.2, 0) is 19.7 Å². The van der Waals surface area contributed by atoms with Crippen LogP contribution in [0, 0.1) is 11.6 Å². The Balaban J connectivity index is 2.55. The summed E-state index contributed by atoms with van der Waals surface area (Å²) in [4.78, 5) is 22.4. The molecule has 1 saturated heterocycles. The van der Waals surface area contributed by atoms with Crippen molar-refractivity contribution >= 4 is 11.9 Å². The van der Waals surface area contributed by atoms with Crippen molar-refractivity contribution in [3.8, 4) is 0 Å². The third-order valence-corrected chi connectivity index (χ3v) is 2.68. The zero-order chi connectivity index (χ0) is 11.9. The van der Waals surface area contributed by atoms with Gasteiger partial charge in [-0.1, -0.05) is 0 Å². The number of carbonyl (C=O) groups excluding carboxylic acids is 2. The van der Waals surface area contributed by atoms with E-state index in [0.717, 1.165) is 18.2 Å². The van der Waals surface area contributed by atoms with Gasteiger partial charge < -0.3 is 4.74 Å². The fourth-order valence-electron chi connectivity index (χ4n) is 1.74. The maximum absolute atomic E-state index is 13.5. The van der Waals surface area contributed by atoms with Crippen LogP contribution in [0.5, 0.6) is 0 Å². The molecule has 84 valence electrons. The van der Waals surface area contributed by atoms with Crippen LogP contribution in [-0.4, -0.2) is 11.9 Å². The predicted molar refractivity (Wildman–Crippen MR) is 49.4 cm³/mol. The molecule has 1 aromatic carbocycles. The minimum atomic E-state index is -1.43. The predicted octanol–water partition coefficient (Wildman–Crippen LogP) is 1.70. The molecule has 0 saturated carbocycles. The Morgan fingerprint density at radius 3 is 2.56 bits per heavy atom. The Labute approximate surface area is 90.0 Å². The van der Waals surface area contributed by atoms with Crippen molar-refractivity contribution in [3.05, 3.63) is 35.4 Å². The van der Waals surface area contributed by atoms with E-state index in [-0.39, 0.29) is 12.0 Å². The maximum Gasteiger partial charge on any atom is 0.324 e. The average Bonchev–Trinajstić information content (AvgIpc) is 2.46. The number of benzene rings is 1. The third kappa shape index (κ3) is 1.48. The van der Waals surface area contributed by atoms with Crippen molar-refractivity contribution in [2.24, 2.45) is 0 Å². The molecule has 1 aliphatic rings. The van der Waals surface area contributed by atoms with Crippen LogP contribution in [0.3, 0.4) is 0 Å². The summed E-state index contributed by atoms with van der Waals surface area (Å²) in [6, 6.07) is 2.78. The van der Waals surface area contributed by atoms with Crippen molar-refractivity contribution in [3.63, 3.8) is 0 Å². The highest BCUT2D eigenvalue weighted by Crippen LogP contribution is 2.36. The van der Waals surface area contributed by atoms with Crippen LogP contribution >= 0.6 is 0 Å². The van der Waals surface area contributed by atoms with Gasteiger partial charge in [-0.3, -0.25) is 9.59 Å². The molecule has 1 aliphatic heterocycles. The molecular weight excluding hydrogens is 218 g/mol. The molecule has 1 atom stereocenters. The lowest BCUT2D eigenvalue weighted by Gasteiger charge is -2.18. The first-order chi connectivity index (χ1) is 7.43. The number of cyclic esters (lactones) is 2. The molecule has 1 unspecified atom stereocenters. The number of halogens is 2. The first kappa shape index (κ1) is 10.7. The molecule has 3 nitrogen and oxygen atoms in total. The summed E-state index contributed by atoms with van der Waals surface area (Å²) < 4.78 is 30.8. The van der Waals surface area contributed by atoms with E-state index in [4.69, 9.17) is 0 Å². The monoisotopic (exact) mass is 226 g/mol. The average molecular weight is 226 g/mol. The number of rotatable bonds is 1. The van der Waals surface area contributed by atoms with Crippen LogP contribution in [0.1, 0.15) is 18.9 Å². The molecule has 0 radical (unpaired) electrons. The number of esters is 2. The van der Waals surface area contributed by atoms with Crippen molar-refractivity contribution in [2.75, 3.05) is 0 Å². The number of ether oxygens (including phenoxy) is 1. The van der Waals surface area contributed by atoms with Crippen molar-refractivity contribution in [2.45, 2.75) is 18.8 Å². The quantitative estimate of drug-likeness (QED) is 0.540. The number of hydrogen-bond donors (Lipinski definition) is 0. The van der Waals surface area contributed by atoms with E-state index in [0.29, 0.717) is 0 Å². The van der Waals surface area contributed by atoms with Gasteiger partial charge in [0.05, 0.1) is 6.42 Å². The highest BCUT2D eigenvalue weighted by atomic mass is 19.1. The largest absolute Gasteiger partial charge is 0.392 e. The van der Waals surface area contributed by atoms with Gasteiger partial charge in [-0.25, -0.2) is 8.78 Å². The topological polar surface area (TPSA) is 43.4 Å². The van der Waals surface area contributed by atoms with E-state index in [9.17, 15) is 18.4 Å². The lowest BCUT2D eigenvalue weighted by Crippen LogP contribution is -2.28. The molecule has 1 aromatic rings. The zero-order valence-corrected chi connectivity index (χ0v) is 8.42.